The Hall–Kier alpha value is -2.18. The van der Waals surface area contributed by atoms with E-state index in [1.54, 1.807) is 12.1 Å². The van der Waals surface area contributed by atoms with Crippen LogP contribution in [-0.4, -0.2) is 0 Å². The van der Waals surface area contributed by atoms with Gasteiger partial charge in [0.05, 0.1) is 10.6 Å². The molecule has 2 aromatic rings. The first kappa shape index (κ1) is 12.3. The van der Waals surface area contributed by atoms with Gasteiger partial charge in [-0.05, 0) is 35.9 Å². The molecule has 18 heavy (non-hydrogen) atoms. The largest absolute Gasteiger partial charge is 0.399 e. The van der Waals surface area contributed by atoms with Crippen LogP contribution < -0.4 is 11.1 Å². The molecule has 4 heteroatoms. The summed E-state index contributed by atoms with van der Waals surface area (Å²) in [6.07, 6.45) is 0. The third-order valence-electron chi connectivity index (χ3n) is 2.54. The smallest absolute Gasteiger partial charge is 0.101 e. The zero-order valence-electron chi connectivity index (χ0n) is 9.65. The highest BCUT2D eigenvalue weighted by atomic mass is 35.5. The van der Waals surface area contributed by atoms with Gasteiger partial charge in [-0.15, -0.1) is 0 Å². The van der Waals surface area contributed by atoms with Gasteiger partial charge >= 0.3 is 0 Å². The Morgan fingerprint density at radius 1 is 1.22 bits per heavy atom. The minimum atomic E-state index is 0.454. The predicted molar refractivity (Wildman–Crippen MR) is 74.3 cm³/mol. The van der Waals surface area contributed by atoms with E-state index < -0.39 is 0 Å². The van der Waals surface area contributed by atoms with E-state index >= 15 is 0 Å². The summed E-state index contributed by atoms with van der Waals surface area (Å²) in [5.74, 6) is 0. The lowest BCUT2D eigenvalue weighted by molar-refractivity contribution is 1.15. The number of halogens is 1. The van der Waals surface area contributed by atoms with Gasteiger partial charge in [0, 0.05) is 17.9 Å². The number of anilines is 2. The summed E-state index contributed by atoms with van der Waals surface area (Å²) in [4.78, 5) is 0. The molecule has 0 radical (unpaired) electrons. The number of benzene rings is 2. The van der Waals surface area contributed by atoms with E-state index in [1.807, 2.05) is 36.4 Å². The number of nitrogen functional groups attached to an aromatic ring is 1. The number of nitrogens with zero attached hydrogens (tertiary/aromatic N) is 1. The van der Waals surface area contributed by atoms with Crippen molar-refractivity contribution in [1.82, 2.24) is 0 Å². The summed E-state index contributed by atoms with van der Waals surface area (Å²) in [6, 6.07) is 15.0. The first-order chi connectivity index (χ1) is 8.69. The number of nitrogens with one attached hydrogen (secondary N) is 1. The molecule has 3 nitrogen and oxygen atoms in total. The maximum Gasteiger partial charge on any atom is 0.101 e. The van der Waals surface area contributed by atoms with Gasteiger partial charge in [0.1, 0.15) is 6.07 Å². The third kappa shape index (κ3) is 2.93. The fraction of sp³-hybridized carbons (Fsp3) is 0.0714. The summed E-state index contributed by atoms with van der Waals surface area (Å²) in [6.45, 7) is 0.660. The molecule has 2 aromatic carbocycles. The van der Waals surface area contributed by atoms with Crippen LogP contribution in [-0.2, 0) is 6.54 Å². The summed E-state index contributed by atoms with van der Waals surface area (Å²) >= 11 is 5.95. The van der Waals surface area contributed by atoms with Gasteiger partial charge in [-0.2, -0.15) is 5.26 Å². The fourth-order valence-corrected chi connectivity index (χ4v) is 1.85. The molecule has 0 saturated heterocycles. The number of nitriles is 1. The van der Waals surface area contributed by atoms with Crippen LogP contribution in [0.2, 0.25) is 5.02 Å². The van der Waals surface area contributed by atoms with E-state index in [0.717, 1.165) is 16.9 Å². The summed E-state index contributed by atoms with van der Waals surface area (Å²) in [5.41, 5.74) is 8.89. The Labute approximate surface area is 111 Å². The SMILES string of the molecule is N#Cc1ccc(NCc2cccc(N)c2)cc1Cl. The molecule has 0 heterocycles. The molecule has 0 aromatic heterocycles. The molecule has 0 atom stereocenters. The monoisotopic (exact) mass is 257 g/mol. The predicted octanol–water partition coefficient (Wildman–Crippen LogP) is 3.41. The summed E-state index contributed by atoms with van der Waals surface area (Å²) in [5, 5.41) is 12.5. The minimum absolute atomic E-state index is 0.454. The van der Waals surface area contributed by atoms with E-state index in [0.29, 0.717) is 17.1 Å². The molecule has 2 rings (SSSR count). The molecule has 0 unspecified atom stereocenters. The molecule has 0 saturated carbocycles. The number of hydrogen-bond acceptors (Lipinski definition) is 3. The molecule has 0 fully saturated rings. The second-order valence-electron chi connectivity index (χ2n) is 3.91. The minimum Gasteiger partial charge on any atom is -0.399 e. The Bertz CT molecular complexity index is 602. The molecule has 0 bridgehead atoms. The van der Waals surface area contributed by atoms with Crippen molar-refractivity contribution in [3.8, 4) is 6.07 Å². The number of nitrogens with two attached hydrogens (primary N) is 1. The van der Waals surface area contributed by atoms with Crippen molar-refractivity contribution >= 4 is 23.0 Å². The van der Waals surface area contributed by atoms with Crippen LogP contribution in [0.1, 0.15) is 11.1 Å². The van der Waals surface area contributed by atoms with Crippen LogP contribution >= 0.6 is 11.6 Å². The second kappa shape index (κ2) is 5.44. The lowest BCUT2D eigenvalue weighted by atomic mass is 10.2. The van der Waals surface area contributed by atoms with E-state index in [2.05, 4.69) is 5.32 Å². The standard InChI is InChI=1S/C14H12ClN3/c15-14-7-13(5-4-11(14)8-16)18-9-10-2-1-3-12(17)6-10/h1-7,18H,9,17H2. The lowest BCUT2D eigenvalue weighted by Gasteiger charge is -2.08. The zero-order chi connectivity index (χ0) is 13.0. The van der Waals surface area contributed by atoms with Gasteiger partial charge in [0.2, 0.25) is 0 Å². The normalized spacial score (nSPS) is 9.78. The molecular weight excluding hydrogens is 246 g/mol. The van der Waals surface area contributed by atoms with Gasteiger partial charge in [-0.1, -0.05) is 23.7 Å². The lowest BCUT2D eigenvalue weighted by Crippen LogP contribution is -2.00. The number of hydrogen-bond donors (Lipinski definition) is 2. The Balaban J connectivity index is 2.07. The van der Waals surface area contributed by atoms with Crippen molar-refractivity contribution in [1.29, 1.82) is 5.26 Å². The fourth-order valence-electron chi connectivity index (χ4n) is 1.62. The van der Waals surface area contributed by atoms with Gasteiger partial charge in [0.15, 0.2) is 0 Å². The van der Waals surface area contributed by atoms with Crippen LogP contribution in [0.15, 0.2) is 42.5 Å². The first-order valence-corrected chi connectivity index (χ1v) is 5.85. The molecule has 90 valence electrons. The van der Waals surface area contributed by atoms with E-state index in [1.165, 1.54) is 0 Å². The van der Waals surface area contributed by atoms with E-state index in [4.69, 9.17) is 22.6 Å². The highest BCUT2D eigenvalue weighted by Crippen LogP contribution is 2.20. The third-order valence-corrected chi connectivity index (χ3v) is 2.85. The van der Waals surface area contributed by atoms with Crippen LogP contribution in [0.3, 0.4) is 0 Å². The van der Waals surface area contributed by atoms with Crippen molar-refractivity contribution in [2.24, 2.45) is 0 Å². The van der Waals surface area contributed by atoms with E-state index in [9.17, 15) is 0 Å². The number of rotatable bonds is 3. The molecule has 0 amide bonds. The maximum atomic E-state index is 8.78. The van der Waals surface area contributed by atoms with Crippen LogP contribution in [0.25, 0.3) is 0 Å². The van der Waals surface area contributed by atoms with E-state index in [-0.39, 0.29) is 0 Å². The van der Waals surface area contributed by atoms with Crippen molar-refractivity contribution in [2.45, 2.75) is 6.54 Å². The second-order valence-corrected chi connectivity index (χ2v) is 4.31. The van der Waals surface area contributed by atoms with Crippen LogP contribution in [0.5, 0.6) is 0 Å². The highest BCUT2D eigenvalue weighted by molar-refractivity contribution is 6.32. The van der Waals surface area contributed by atoms with Gasteiger partial charge < -0.3 is 11.1 Å². The molecule has 0 aliphatic rings. The van der Waals surface area contributed by atoms with Crippen molar-refractivity contribution < 1.29 is 0 Å². The van der Waals surface area contributed by atoms with Gasteiger partial charge in [-0.3, -0.25) is 0 Å². The van der Waals surface area contributed by atoms with Gasteiger partial charge in [-0.25, -0.2) is 0 Å². The molecular formula is C14H12ClN3. The summed E-state index contributed by atoms with van der Waals surface area (Å²) < 4.78 is 0. The van der Waals surface area contributed by atoms with Gasteiger partial charge in [0.25, 0.3) is 0 Å². The molecule has 0 spiro atoms. The Kier molecular flexibility index (Phi) is 3.71. The van der Waals surface area contributed by atoms with Crippen LogP contribution in [0, 0.1) is 11.3 Å². The quantitative estimate of drug-likeness (QED) is 0.829. The molecule has 3 N–H and O–H groups in total. The highest BCUT2D eigenvalue weighted by Gasteiger charge is 2.01. The van der Waals surface area contributed by atoms with Crippen molar-refractivity contribution in [3.05, 3.63) is 58.6 Å². The van der Waals surface area contributed by atoms with Crippen LogP contribution in [0.4, 0.5) is 11.4 Å². The first-order valence-electron chi connectivity index (χ1n) is 5.47. The van der Waals surface area contributed by atoms with Crippen molar-refractivity contribution in [2.75, 3.05) is 11.1 Å². The molecule has 0 aliphatic carbocycles. The average molecular weight is 258 g/mol. The average Bonchev–Trinajstić information content (AvgIpc) is 2.37. The Morgan fingerprint density at radius 3 is 2.72 bits per heavy atom. The summed E-state index contributed by atoms with van der Waals surface area (Å²) in [7, 11) is 0. The topological polar surface area (TPSA) is 61.8 Å². The maximum absolute atomic E-state index is 8.78. The zero-order valence-corrected chi connectivity index (χ0v) is 10.4. The molecule has 0 aliphatic heterocycles. The Morgan fingerprint density at radius 2 is 2.06 bits per heavy atom. The van der Waals surface area contributed by atoms with Crippen molar-refractivity contribution in [3.63, 3.8) is 0 Å².